The Hall–Kier alpha value is -2.06. The van der Waals surface area contributed by atoms with Crippen LogP contribution in [0, 0.1) is 5.82 Å². The van der Waals surface area contributed by atoms with Crippen molar-refractivity contribution in [2.45, 2.75) is 12.7 Å². The second-order valence-electron chi connectivity index (χ2n) is 4.61. The molecule has 0 fully saturated rings. The molecule has 22 heavy (non-hydrogen) atoms. The van der Waals surface area contributed by atoms with Crippen LogP contribution < -0.4 is 0 Å². The smallest absolute Gasteiger partial charge is 0.357 e. The molecule has 0 N–H and O–H groups in total. The van der Waals surface area contributed by atoms with Crippen molar-refractivity contribution < 1.29 is 23.4 Å². The SMILES string of the molecule is COC(=O)c1nc(N=CN(C)C)c(F)cc1CC(OC)OC. The van der Waals surface area contributed by atoms with E-state index in [0.29, 0.717) is 5.56 Å². The van der Waals surface area contributed by atoms with Crippen molar-refractivity contribution in [3.05, 3.63) is 23.1 Å². The number of ether oxygens (including phenoxy) is 3. The lowest BCUT2D eigenvalue weighted by atomic mass is 10.1. The molecular weight excluding hydrogens is 293 g/mol. The summed E-state index contributed by atoms with van der Waals surface area (Å²) in [5.74, 6) is -1.52. The summed E-state index contributed by atoms with van der Waals surface area (Å²) < 4.78 is 28.9. The van der Waals surface area contributed by atoms with Crippen molar-refractivity contribution in [2.24, 2.45) is 4.99 Å². The van der Waals surface area contributed by atoms with Gasteiger partial charge < -0.3 is 19.1 Å². The summed E-state index contributed by atoms with van der Waals surface area (Å²) in [4.78, 5) is 21.3. The Kier molecular flexibility index (Phi) is 6.87. The lowest BCUT2D eigenvalue weighted by Gasteiger charge is -2.15. The summed E-state index contributed by atoms with van der Waals surface area (Å²) in [6.07, 6.45) is 0.916. The van der Waals surface area contributed by atoms with Crippen molar-refractivity contribution in [3.8, 4) is 0 Å². The Bertz CT molecular complexity index is 545. The van der Waals surface area contributed by atoms with Gasteiger partial charge in [-0.25, -0.2) is 19.2 Å². The third kappa shape index (κ3) is 4.74. The molecule has 0 saturated heterocycles. The van der Waals surface area contributed by atoms with Gasteiger partial charge in [0.05, 0.1) is 13.4 Å². The number of pyridine rings is 1. The van der Waals surface area contributed by atoms with Gasteiger partial charge in [0, 0.05) is 34.7 Å². The average Bonchev–Trinajstić information content (AvgIpc) is 2.50. The second kappa shape index (κ2) is 8.40. The first-order valence-electron chi connectivity index (χ1n) is 6.46. The molecule has 0 atom stereocenters. The Labute approximate surface area is 128 Å². The molecule has 1 rings (SSSR count). The summed E-state index contributed by atoms with van der Waals surface area (Å²) in [6, 6.07) is 1.19. The van der Waals surface area contributed by atoms with Crippen LogP contribution in [0.2, 0.25) is 0 Å². The fourth-order valence-corrected chi connectivity index (χ4v) is 1.65. The monoisotopic (exact) mass is 313 g/mol. The summed E-state index contributed by atoms with van der Waals surface area (Å²) in [5, 5.41) is 0. The molecular formula is C14H20FN3O4. The van der Waals surface area contributed by atoms with Gasteiger partial charge in [-0.15, -0.1) is 0 Å². The minimum absolute atomic E-state index is 0.0195. The topological polar surface area (TPSA) is 73.2 Å². The quantitative estimate of drug-likeness (QED) is 0.328. The fraction of sp³-hybridized carbons (Fsp3) is 0.500. The predicted octanol–water partition coefficient (Wildman–Crippen LogP) is 1.39. The van der Waals surface area contributed by atoms with E-state index in [1.54, 1.807) is 19.0 Å². The van der Waals surface area contributed by atoms with Gasteiger partial charge in [0.15, 0.2) is 23.6 Å². The highest BCUT2D eigenvalue weighted by Gasteiger charge is 2.21. The molecule has 1 aromatic rings. The van der Waals surface area contributed by atoms with E-state index in [9.17, 15) is 9.18 Å². The molecule has 0 unspecified atom stereocenters. The maximum absolute atomic E-state index is 14.1. The maximum atomic E-state index is 14.1. The van der Waals surface area contributed by atoms with Crippen LogP contribution in [-0.2, 0) is 20.6 Å². The molecule has 0 bridgehead atoms. The normalized spacial score (nSPS) is 11.2. The Morgan fingerprint density at radius 2 is 2.05 bits per heavy atom. The van der Waals surface area contributed by atoms with Crippen LogP contribution in [-0.4, -0.2) is 63.9 Å². The van der Waals surface area contributed by atoms with Crippen LogP contribution in [0.25, 0.3) is 0 Å². The van der Waals surface area contributed by atoms with Crippen LogP contribution in [0.4, 0.5) is 10.2 Å². The van der Waals surface area contributed by atoms with Gasteiger partial charge in [-0.1, -0.05) is 0 Å². The molecule has 8 heteroatoms. The lowest BCUT2D eigenvalue weighted by Crippen LogP contribution is -2.19. The maximum Gasteiger partial charge on any atom is 0.357 e. The van der Waals surface area contributed by atoms with Crippen LogP contribution >= 0.6 is 0 Å². The number of aromatic nitrogens is 1. The van der Waals surface area contributed by atoms with E-state index < -0.39 is 18.1 Å². The fourth-order valence-electron chi connectivity index (χ4n) is 1.65. The van der Waals surface area contributed by atoms with Gasteiger partial charge in [-0.3, -0.25) is 0 Å². The van der Waals surface area contributed by atoms with E-state index in [0.717, 1.165) is 0 Å². The largest absolute Gasteiger partial charge is 0.464 e. The van der Waals surface area contributed by atoms with E-state index in [1.165, 1.54) is 33.7 Å². The number of nitrogens with zero attached hydrogens (tertiary/aromatic N) is 3. The molecule has 0 aliphatic rings. The molecule has 1 heterocycles. The van der Waals surface area contributed by atoms with E-state index in [-0.39, 0.29) is 17.9 Å². The Morgan fingerprint density at radius 1 is 1.41 bits per heavy atom. The van der Waals surface area contributed by atoms with Crippen LogP contribution in [0.3, 0.4) is 0 Å². The third-order valence-electron chi connectivity index (χ3n) is 2.74. The summed E-state index contributed by atoms with van der Waals surface area (Å²) in [7, 11) is 7.60. The second-order valence-corrected chi connectivity index (χ2v) is 4.61. The number of esters is 1. The molecule has 0 saturated carbocycles. The first-order valence-corrected chi connectivity index (χ1v) is 6.46. The van der Waals surface area contributed by atoms with Crippen molar-refractivity contribution in [2.75, 3.05) is 35.4 Å². The molecule has 7 nitrogen and oxygen atoms in total. The molecule has 122 valence electrons. The number of carbonyl (C=O) groups is 1. The van der Waals surface area contributed by atoms with E-state index >= 15 is 0 Å². The highest BCUT2D eigenvalue weighted by atomic mass is 19.1. The molecule has 0 amide bonds. The van der Waals surface area contributed by atoms with Gasteiger partial charge in [0.2, 0.25) is 0 Å². The highest BCUT2D eigenvalue weighted by molar-refractivity contribution is 5.89. The molecule has 0 spiro atoms. The number of methoxy groups -OCH3 is 3. The Morgan fingerprint density at radius 3 is 2.55 bits per heavy atom. The van der Waals surface area contributed by atoms with Gasteiger partial charge in [0.1, 0.15) is 0 Å². The minimum Gasteiger partial charge on any atom is -0.464 e. The number of aliphatic imine (C=N–C) groups is 1. The number of hydrogen-bond acceptors (Lipinski definition) is 6. The average molecular weight is 313 g/mol. The molecule has 0 aliphatic heterocycles. The summed E-state index contributed by atoms with van der Waals surface area (Å²) in [5.41, 5.74) is 0.302. The van der Waals surface area contributed by atoms with Crippen LogP contribution in [0.1, 0.15) is 16.1 Å². The molecule has 0 radical (unpaired) electrons. The van der Waals surface area contributed by atoms with Crippen molar-refractivity contribution in [1.82, 2.24) is 9.88 Å². The number of carbonyl (C=O) groups excluding carboxylic acids is 1. The van der Waals surface area contributed by atoms with Crippen molar-refractivity contribution >= 4 is 18.1 Å². The lowest BCUT2D eigenvalue weighted by molar-refractivity contribution is -0.100. The van der Waals surface area contributed by atoms with Crippen LogP contribution in [0.15, 0.2) is 11.1 Å². The van der Waals surface area contributed by atoms with Gasteiger partial charge in [-0.05, 0) is 11.6 Å². The van der Waals surface area contributed by atoms with Crippen molar-refractivity contribution in [1.29, 1.82) is 0 Å². The number of hydrogen-bond donors (Lipinski definition) is 0. The zero-order valence-corrected chi connectivity index (χ0v) is 13.3. The first kappa shape index (κ1) is 18.0. The van der Waals surface area contributed by atoms with E-state index in [4.69, 9.17) is 9.47 Å². The molecule has 1 aromatic heterocycles. The Balaban J connectivity index is 3.26. The molecule has 0 aromatic carbocycles. The molecule has 0 aliphatic carbocycles. The standard InChI is InChI=1S/C14H20FN3O4/c1-18(2)8-16-13-10(15)6-9(7-11(20-3)21-4)12(17-13)14(19)22-5/h6,8,11H,7H2,1-5H3. The van der Waals surface area contributed by atoms with E-state index in [1.807, 2.05) is 0 Å². The third-order valence-corrected chi connectivity index (χ3v) is 2.74. The summed E-state index contributed by atoms with van der Waals surface area (Å²) >= 11 is 0. The zero-order valence-electron chi connectivity index (χ0n) is 13.3. The van der Waals surface area contributed by atoms with Gasteiger partial charge in [-0.2, -0.15) is 0 Å². The number of halogens is 1. The highest BCUT2D eigenvalue weighted by Crippen LogP contribution is 2.21. The first-order chi connectivity index (χ1) is 10.4. The van der Waals surface area contributed by atoms with Gasteiger partial charge in [0.25, 0.3) is 0 Å². The van der Waals surface area contributed by atoms with E-state index in [2.05, 4.69) is 14.7 Å². The number of rotatable bonds is 7. The van der Waals surface area contributed by atoms with Crippen molar-refractivity contribution in [3.63, 3.8) is 0 Å². The van der Waals surface area contributed by atoms with Gasteiger partial charge >= 0.3 is 5.97 Å². The zero-order chi connectivity index (χ0) is 16.7. The minimum atomic E-state index is -0.678. The predicted molar refractivity (Wildman–Crippen MR) is 78.9 cm³/mol. The summed E-state index contributed by atoms with van der Waals surface area (Å²) in [6.45, 7) is 0. The van der Waals surface area contributed by atoms with Crippen LogP contribution in [0.5, 0.6) is 0 Å².